The monoisotopic (exact) mass is 142 g/mol. The maximum absolute atomic E-state index is 8.79. The molecule has 0 fully saturated rings. The second-order valence-corrected chi connectivity index (χ2v) is 2.73. The van der Waals surface area contributed by atoms with Crippen LogP contribution in [0.2, 0.25) is 0 Å². The molecule has 0 radical (unpaired) electrons. The van der Waals surface area contributed by atoms with Crippen LogP contribution in [-0.4, -0.2) is 23.4 Å². The van der Waals surface area contributed by atoms with E-state index >= 15 is 0 Å². The minimum absolute atomic E-state index is 0.0162. The first kappa shape index (κ1) is 7.76. The lowest BCUT2D eigenvalue weighted by atomic mass is 10.0. The van der Waals surface area contributed by atoms with Crippen molar-refractivity contribution in [2.75, 3.05) is 13.2 Å². The van der Waals surface area contributed by atoms with Gasteiger partial charge in [-0.15, -0.1) is 0 Å². The van der Waals surface area contributed by atoms with Crippen LogP contribution in [0.1, 0.15) is 19.3 Å². The molecule has 1 aliphatic carbocycles. The highest BCUT2D eigenvalue weighted by Crippen LogP contribution is 2.24. The molecule has 0 saturated carbocycles. The van der Waals surface area contributed by atoms with Crippen molar-refractivity contribution in [3.8, 4) is 0 Å². The maximum atomic E-state index is 8.79. The summed E-state index contributed by atoms with van der Waals surface area (Å²) < 4.78 is 0. The van der Waals surface area contributed by atoms with E-state index in [1.165, 1.54) is 12.0 Å². The summed E-state index contributed by atoms with van der Waals surface area (Å²) in [6.45, 7) is 0.171. The third-order valence-corrected chi connectivity index (χ3v) is 2.04. The fourth-order valence-electron chi connectivity index (χ4n) is 1.36. The Bertz CT molecular complexity index is 125. The fourth-order valence-corrected chi connectivity index (χ4v) is 1.36. The van der Waals surface area contributed by atoms with Crippen molar-refractivity contribution in [1.82, 2.24) is 0 Å². The predicted molar refractivity (Wildman–Crippen MR) is 39.6 cm³/mol. The Balaban J connectivity index is 2.44. The van der Waals surface area contributed by atoms with Gasteiger partial charge in [0.2, 0.25) is 0 Å². The largest absolute Gasteiger partial charge is 0.396 e. The minimum Gasteiger partial charge on any atom is -0.396 e. The van der Waals surface area contributed by atoms with Gasteiger partial charge in [0.05, 0.1) is 13.2 Å². The molecule has 0 amide bonds. The van der Waals surface area contributed by atoms with Crippen molar-refractivity contribution in [2.45, 2.75) is 19.3 Å². The van der Waals surface area contributed by atoms with Gasteiger partial charge in [0.1, 0.15) is 0 Å². The summed E-state index contributed by atoms with van der Waals surface area (Å²) in [5, 5.41) is 17.6. The van der Waals surface area contributed by atoms with E-state index in [1.54, 1.807) is 0 Å². The van der Waals surface area contributed by atoms with Crippen LogP contribution in [0.15, 0.2) is 11.6 Å². The minimum atomic E-state index is 0.0162. The van der Waals surface area contributed by atoms with Gasteiger partial charge in [-0.25, -0.2) is 0 Å². The van der Waals surface area contributed by atoms with Crippen LogP contribution in [0.3, 0.4) is 0 Å². The van der Waals surface area contributed by atoms with Crippen LogP contribution in [0.4, 0.5) is 0 Å². The van der Waals surface area contributed by atoms with E-state index in [1.807, 2.05) is 0 Å². The SMILES string of the molecule is OCC(CO)C1=CCCC1. The molecule has 0 aromatic carbocycles. The molecule has 0 spiro atoms. The lowest BCUT2D eigenvalue weighted by molar-refractivity contribution is 0.169. The third kappa shape index (κ3) is 1.58. The molecule has 0 aromatic rings. The molecule has 2 heteroatoms. The van der Waals surface area contributed by atoms with E-state index in [2.05, 4.69) is 6.08 Å². The average molecular weight is 142 g/mol. The van der Waals surface area contributed by atoms with Crippen LogP contribution in [0.25, 0.3) is 0 Å². The van der Waals surface area contributed by atoms with Gasteiger partial charge >= 0.3 is 0 Å². The normalized spacial score (nSPS) is 18.1. The van der Waals surface area contributed by atoms with Gasteiger partial charge in [-0.2, -0.15) is 0 Å². The first-order chi connectivity index (χ1) is 4.88. The molecule has 0 atom stereocenters. The molecule has 1 rings (SSSR count). The van der Waals surface area contributed by atoms with Gasteiger partial charge in [0.25, 0.3) is 0 Å². The molecule has 0 aromatic heterocycles. The van der Waals surface area contributed by atoms with Gasteiger partial charge < -0.3 is 10.2 Å². The number of aliphatic hydroxyl groups excluding tert-OH is 2. The summed E-state index contributed by atoms with van der Waals surface area (Å²) in [6, 6.07) is 0. The Kier molecular flexibility index (Phi) is 2.90. The second-order valence-electron chi connectivity index (χ2n) is 2.73. The van der Waals surface area contributed by atoms with E-state index < -0.39 is 0 Å². The molecule has 58 valence electrons. The Morgan fingerprint density at radius 2 is 2.10 bits per heavy atom. The van der Waals surface area contributed by atoms with Gasteiger partial charge in [-0.1, -0.05) is 11.6 Å². The lowest BCUT2D eigenvalue weighted by Crippen LogP contribution is -2.12. The van der Waals surface area contributed by atoms with Crippen LogP contribution in [0, 0.1) is 5.92 Å². The van der Waals surface area contributed by atoms with Gasteiger partial charge in [-0.3, -0.25) is 0 Å². The van der Waals surface area contributed by atoms with Crippen LogP contribution in [-0.2, 0) is 0 Å². The summed E-state index contributed by atoms with van der Waals surface area (Å²) in [5.41, 5.74) is 1.24. The third-order valence-electron chi connectivity index (χ3n) is 2.04. The summed E-state index contributed by atoms with van der Waals surface area (Å²) in [6.07, 6.45) is 5.50. The summed E-state index contributed by atoms with van der Waals surface area (Å²) in [7, 11) is 0. The topological polar surface area (TPSA) is 40.5 Å². The average Bonchev–Trinajstić information content (AvgIpc) is 2.43. The molecule has 0 unspecified atom stereocenters. The molecule has 0 heterocycles. The maximum Gasteiger partial charge on any atom is 0.0518 e. The molecule has 0 bridgehead atoms. The first-order valence-corrected chi connectivity index (χ1v) is 3.79. The van der Waals surface area contributed by atoms with E-state index in [-0.39, 0.29) is 19.1 Å². The highest BCUT2D eigenvalue weighted by atomic mass is 16.3. The Labute approximate surface area is 61.2 Å². The van der Waals surface area contributed by atoms with Crippen molar-refractivity contribution >= 4 is 0 Å². The molecular weight excluding hydrogens is 128 g/mol. The zero-order valence-electron chi connectivity index (χ0n) is 6.08. The molecular formula is C8H14O2. The summed E-state index contributed by atoms with van der Waals surface area (Å²) >= 11 is 0. The number of rotatable bonds is 3. The zero-order valence-corrected chi connectivity index (χ0v) is 6.08. The number of hydrogen-bond acceptors (Lipinski definition) is 2. The van der Waals surface area contributed by atoms with Gasteiger partial charge in [0, 0.05) is 5.92 Å². The standard InChI is InChI=1S/C8H14O2/c9-5-8(6-10)7-3-1-2-4-7/h3,8-10H,1-2,4-6H2. The van der Waals surface area contributed by atoms with Gasteiger partial charge in [0.15, 0.2) is 0 Å². The van der Waals surface area contributed by atoms with E-state index in [0.29, 0.717) is 0 Å². The quantitative estimate of drug-likeness (QED) is 0.569. The van der Waals surface area contributed by atoms with E-state index in [9.17, 15) is 0 Å². The highest BCUT2D eigenvalue weighted by Gasteiger charge is 2.14. The molecule has 0 aliphatic heterocycles. The van der Waals surface area contributed by atoms with Crippen LogP contribution >= 0.6 is 0 Å². The fraction of sp³-hybridized carbons (Fsp3) is 0.750. The number of aliphatic hydroxyl groups is 2. The first-order valence-electron chi connectivity index (χ1n) is 3.79. The molecule has 2 nitrogen and oxygen atoms in total. The van der Waals surface area contributed by atoms with E-state index in [4.69, 9.17) is 10.2 Å². The van der Waals surface area contributed by atoms with Crippen molar-refractivity contribution < 1.29 is 10.2 Å². The number of allylic oxidation sites excluding steroid dienone is 1. The molecule has 1 aliphatic rings. The summed E-state index contributed by atoms with van der Waals surface area (Å²) in [4.78, 5) is 0. The predicted octanol–water partition coefficient (Wildman–Crippen LogP) is 0.698. The van der Waals surface area contributed by atoms with Gasteiger partial charge in [-0.05, 0) is 19.3 Å². The van der Waals surface area contributed by atoms with Crippen molar-refractivity contribution in [1.29, 1.82) is 0 Å². The Morgan fingerprint density at radius 1 is 1.40 bits per heavy atom. The summed E-state index contributed by atoms with van der Waals surface area (Å²) in [5.74, 6) is 0.0162. The lowest BCUT2D eigenvalue weighted by Gasteiger charge is -2.11. The second kappa shape index (κ2) is 3.74. The van der Waals surface area contributed by atoms with Crippen LogP contribution < -0.4 is 0 Å². The van der Waals surface area contributed by atoms with Crippen LogP contribution in [0.5, 0.6) is 0 Å². The van der Waals surface area contributed by atoms with Crippen molar-refractivity contribution in [2.24, 2.45) is 5.92 Å². The molecule has 10 heavy (non-hydrogen) atoms. The highest BCUT2D eigenvalue weighted by molar-refractivity contribution is 5.11. The number of hydrogen-bond donors (Lipinski definition) is 2. The Hall–Kier alpha value is -0.340. The smallest absolute Gasteiger partial charge is 0.0518 e. The van der Waals surface area contributed by atoms with E-state index in [0.717, 1.165) is 12.8 Å². The van der Waals surface area contributed by atoms with Crippen molar-refractivity contribution in [3.05, 3.63) is 11.6 Å². The zero-order chi connectivity index (χ0) is 7.40. The Morgan fingerprint density at radius 3 is 2.50 bits per heavy atom. The molecule has 0 saturated heterocycles. The van der Waals surface area contributed by atoms with Crippen molar-refractivity contribution in [3.63, 3.8) is 0 Å². The molecule has 2 N–H and O–H groups in total.